The van der Waals surface area contributed by atoms with Crippen molar-refractivity contribution in [3.8, 4) is 0 Å². The molecule has 126 valence electrons. The van der Waals surface area contributed by atoms with Crippen LogP contribution >= 0.6 is 0 Å². The van der Waals surface area contributed by atoms with Gasteiger partial charge in [0.1, 0.15) is 5.54 Å². The minimum absolute atomic E-state index is 0.00822. The van der Waals surface area contributed by atoms with E-state index in [4.69, 9.17) is 0 Å². The van der Waals surface area contributed by atoms with Gasteiger partial charge in [-0.25, -0.2) is 0 Å². The molecule has 4 heterocycles. The van der Waals surface area contributed by atoms with Gasteiger partial charge in [0.25, 0.3) is 0 Å². The molecule has 5 atom stereocenters. The molecule has 1 spiro atoms. The molecule has 1 N–H and O–H groups in total. The fourth-order valence-electron chi connectivity index (χ4n) is 8.02. The van der Waals surface area contributed by atoms with Gasteiger partial charge in [0, 0.05) is 41.7 Å². The summed E-state index contributed by atoms with van der Waals surface area (Å²) in [7, 11) is 0. The average Bonchev–Trinajstić information content (AvgIpc) is 2.97. The van der Waals surface area contributed by atoms with Gasteiger partial charge in [-0.2, -0.15) is 0 Å². The van der Waals surface area contributed by atoms with Crippen molar-refractivity contribution < 1.29 is 9.59 Å². The molecule has 2 heteroatoms. The van der Waals surface area contributed by atoms with Gasteiger partial charge in [-0.3, -0.25) is 4.48 Å². The van der Waals surface area contributed by atoms with Crippen molar-refractivity contribution in [1.82, 2.24) is 0 Å². The summed E-state index contributed by atoms with van der Waals surface area (Å²) in [5.41, 5.74) is 6.27. The van der Waals surface area contributed by atoms with Gasteiger partial charge in [0.05, 0.1) is 6.42 Å². The van der Waals surface area contributed by atoms with Gasteiger partial charge in [0.2, 0.25) is 0 Å². The van der Waals surface area contributed by atoms with Crippen LogP contribution in [-0.2, 0) is 16.6 Å². The maximum atomic E-state index is 9.98. The monoisotopic (exact) mass is 330 g/mol. The molecule has 25 heavy (non-hydrogen) atoms. The summed E-state index contributed by atoms with van der Waals surface area (Å²) in [6.07, 6.45) is 5.22. The van der Waals surface area contributed by atoms with E-state index in [1.54, 1.807) is 0 Å². The van der Waals surface area contributed by atoms with Gasteiger partial charge >= 0.3 is 0 Å². The molecule has 2 aromatic carbocycles. The molecule has 0 radical (unpaired) electrons. The number of aliphatic hydroxyl groups excluding tert-OH is 1. The number of nitrogens with zero attached hydrogens (tertiary/aromatic N) is 1. The Morgan fingerprint density at radius 1 is 1.08 bits per heavy atom. The molecule has 4 aliphatic heterocycles. The van der Waals surface area contributed by atoms with E-state index in [2.05, 4.69) is 68.1 Å². The fourth-order valence-corrected chi connectivity index (χ4v) is 8.02. The largest absolute Gasteiger partial charge is 0.396 e. The van der Waals surface area contributed by atoms with Gasteiger partial charge in [0.15, 0.2) is 17.1 Å². The molecule has 2 nitrogen and oxygen atoms in total. The lowest BCUT2D eigenvalue weighted by atomic mass is 9.76. The Hall–Kier alpha value is -1.90. The van der Waals surface area contributed by atoms with Crippen molar-refractivity contribution >= 4 is 0 Å². The summed E-state index contributed by atoms with van der Waals surface area (Å²) in [5.74, 6) is 0. The standard InChI is InChI=1S/C23H24NO/c1-3-12-23-19-11-7-5-9-17(19)21(2)16-8-4-6-10-18(16)22(13-14-25)15-20(23)24(21,22)23/h3-11,20,25H,1,12-15H2,2H3/q+1/t20?,21?,22-,23-,24?/m0/s1. The van der Waals surface area contributed by atoms with Crippen LogP contribution in [-0.4, -0.2) is 22.2 Å². The highest BCUT2D eigenvalue weighted by atomic mass is 16.3. The predicted molar refractivity (Wildman–Crippen MR) is 97.9 cm³/mol. The summed E-state index contributed by atoms with van der Waals surface area (Å²) in [4.78, 5) is 0. The van der Waals surface area contributed by atoms with E-state index in [0.717, 1.165) is 17.3 Å². The van der Waals surface area contributed by atoms with Crippen LogP contribution in [0.4, 0.5) is 0 Å². The van der Waals surface area contributed by atoms with Crippen LogP contribution < -0.4 is 0 Å². The first kappa shape index (κ1) is 14.3. The van der Waals surface area contributed by atoms with E-state index in [0.29, 0.717) is 6.04 Å². The van der Waals surface area contributed by atoms with Crippen LogP contribution in [0.25, 0.3) is 0 Å². The van der Waals surface area contributed by atoms with E-state index < -0.39 is 0 Å². The zero-order chi connectivity index (χ0) is 17.1. The topological polar surface area (TPSA) is 20.2 Å². The van der Waals surface area contributed by atoms with E-state index in [-0.39, 0.29) is 23.2 Å². The Kier molecular flexibility index (Phi) is 2.24. The maximum absolute atomic E-state index is 9.98. The smallest absolute Gasteiger partial charge is 0.183 e. The number of aliphatic hydroxyl groups is 1. The van der Waals surface area contributed by atoms with Gasteiger partial charge in [-0.1, -0.05) is 54.6 Å². The lowest BCUT2D eigenvalue weighted by Gasteiger charge is -2.50. The van der Waals surface area contributed by atoms with Gasteiger partial charge in [-0.05, 0) is 6.92 Å². The number of fused-ring (bicyclic) bond motifs is 7. The number of rotatable bonds is 4. The molecular weight excluding hydrogens is 306 g/mol. The molecule has 0 aromatic heterocycles. The van der Waals surface area contributed by atoms with Gasteiger partial charge < -0.3 is 5.11 Å². The Morgan fingerprint density at radius 2 is 1.68 bits per heavy atom. The van der Waals surface area contributed by atoms with E-state index in [1.165, 1.54) is 28.7 Å². The number of hydrogen-bond acceptors (Lipinski definition) is 1. The lowest BCUT2D eigenvalue weighted by molar-refractivity contribution is -0.975. The van der Waals surface area contributed by atoms with Crippen molar-refractivity contribution in [2.24, 2.45) is 0 Å². The number of benzene rings is 2. The Bertz CT molecular complexity index is 951. The van der Waals surface area contributed by atoms with Crippen LogP contribution in [0.3, 0.4) is 0 Å². The predicted octanol–water partition coefficient (Wildman–Crippen LogP) is 3.93. The molecule has 0 aliphatic carbocycles. The highest BCUT2D eigenvalue weighted by Gasteiger charge is 3.03. The normalized spacial score (nSPS) is 43.5. The van der Waals surface area contributed by atoms with E-state index in [1.807, 2.05) is 0 Å². The molecule has 4 aliphatic rings. The minimum atomic E-state index is 0.00822. The minimum Gasteiger partial charge on any atom is -0.396 e. The second-order valence-electron chi connectivity index (χ2n) is 8.53. The Labute approximate surface area is 149 Å². The van der Waals surface area contributed by atoms with Crippen molar-refractivity contribution in [3.05, 3.63) is 83.4 Å². The Morgan fingerprint density at radius 3 is 2.32 bits per heavy atom. The summed E-state index contributed by atoms with van der Waals surface area (Å²) in [5, 5.41) is 9.98. The third-order valence-electron chi connectivity index (χ3n) is 8.34. The van der Waals surface area contributed by atoms with Crippen molar-refractivity contribution in [2.75, 3.05) is 6.61 Å². The summed E-state index contributed by atoms with van der Waals surface area (Å²) >= 11 is 0. The second kappa shape index (κ2) is 3.92. The zero-order valence-electron chi connectivity index (χ0n) is 14.7. The highest BCUT2D eigenvalue weighted by Crippen LogP contribution is 2.90. The van der Waals surface area contributed by atoms with Crippen LogP contribution in [0.5, 0.6) is 0 Å². The molecule has 0 bridgehead atoms. The van der Waals surface area contributed by atoms with Gasteiger partial charge in [-0.15, -0.1) is 6.58 Å². The third-order valence-corrected chi connectivity index (χ3v) is 8.34. The first-order chi connectivity index (χ1) is 12.2. The zero-order valence-corrected chi connectivity index (χ0v) is 14.7. The molecule has 2 aromatic rings. The van der Waals surface area contributed by atoms with Crippen LogP contribution in [0.1, 0.15) is 48.4 Å². The average molecular weight is 330 g/mol. The summed E-state index contributed by atoms with van der Waals surface area (Å²) < 4.78 is 1.12. The van der Waals surface area contributed by atoms with E-state index >= 15 is 0 Å². The second-order valence-corrected chi connectivity index (χ2v) is 8.53. The number of hydrogen-bond donors (Lipinski definition) is 1. The number of quaternary nitrogens is 1. The lowest BCUT2D eigenvalue weighted by Crippen LogP contribution is -2.62. The summed E-state index contributed by atoms with van der Waals surface area (Å²) in [6.45, 7) is 6.84. The van der Waals surface area contributed by atoms with Crippen molar-refractivity contribution in [3.63, 3.8) is 0 Å². The van der Waals surface area contributed by atoms with Crippen molar-refractivity contribution in [2.45, 2.75) is 48.8 Å². The maximum Gasteiger partial charge on any atom is 0.183 e. The van der Waals surface area contributed by atoms with E-state index in [9.17, 15) is 5.11 Å². The molecule has 0 saturated carbocycles. The van der Waals surface area contributed by atoms with Crippen molar-refractivity contribution in [1.29, 1.82) is 0 Å². The molecule has 0 amide bonds. The quantitative estimate of drug-likeness (QED) is 0.512. The highest BCUT2D eigenvalue weighted by molar-refractivity contribution is 5.62. The molecule has 6 rings (SSSR count). The molecular formula is C23H24NO+. The fraction of sp³-hybridized carbons (Fsp3) is 0.391. The molecule has 2 saturated heterocycles. The molecule has 2 fully saturated rings. The first-order valence-electron chi connectivity index (χ1n) is 9.47. The van der Waals surface area contributed by atoms with Crippen LogP contribution in [0.2, 0.25) is 0 Å². The third kappa shape index (κ3) is 1.01. The Balaban J connectivity index is 1.76. The van der Waals surface area contributed by atoms with Crippen LogP contribution in [0, 0.1) is 0 Å². The van der Waals surface area contributed by atoms with Crippen LogP contribution in [0.15, 0.2) is 61.2 Å². The first-order valence-corrected chi connectivity index (χ1v) is 9.47. The SMILES string of the molecule is C=CC[C@]12c3ccccc3C3(C)c4ccccc4[C@]4(CCO)CC1[N+]342. The summed E-state index contributed by atoms with van der Waals surface area (Å²) in [6, 6.07) is 18.8. The molecule has 3 unspecified atom stereocenters.